The van der Waals surface area contributed by atoms with Crippen molar-refractivity contribution in [3.63, 3.8) is 0 Å². The lowest BCUT2D eigenvalue weighted by atomic mass is 9.98. The highest BCUT2D eigenvalue weighted by atomic mass is 16.5. The van der Waals surface area contributed by atoms with Crippen molar-refractivity contribution in [3.05, 3.63) is 0 Å². The van der Waals surface area contributed by atoms with Gasteiger partial charge in [-0.2, -0.15) is 0 Å². The monoisotopic (exact) mass is 271 g/mol. The van der Waals surface area contributed by atoms with Crippen LogP contribution in [-0.4, -0.2) is 48.2 Å². The molecule has 4 nitrogen and oxygen atoms in total. The maximum absolute atomic E-state index is 9.87. The van der Waals surface area contributed by atoms with Gasteiger partial charge < -0.3 is 20.3 Å². The Balaban J connectivity index is 1.48. The van der Waals surface area contributed by atoms with Crippen LogP contribution in [0.15, 0.2) is 0 Å². The number of rotatable bonds is 7. The van der Waals surface area contributed by atoms with Crippen molar-refractivity contribution < 1.29 is 14.9 Å². The summed E-state index contributed by atoms with van der Waals surface area (Å²) in [6, 6.07) is 0. The van der Waals surface area contributed by atoms with Crippen LogP contribution in [0.3, 0.4) is 0 Å². The Morgan fingerprint density at radius 3 is 2.58 bits per heavy atom. The van der Waals surface area contributed by atoms with Gasteiger partial charge in [-0.1, -0.05) is 19.3 Å². The third-order valence-electron chi connectivity index (χ3n) is 4.40. The molecule has 3 unspecified atom stereocenters. The van der Waals surface area contributed by atoms with Crippen LogP contribution in [0.2, 0.25) is 0 Å². The summed E-state index contributed by atoms with van der Waals surface area (Å²) in [6.45, 7) is 1.95. The first kappa shape index (κ1) is 15.2. The second-order valence-corrected chi connectivity index (χ2v) is 6.24. The number of hydrogen-bond acceptors (Lipinski definition) is 4. The smallest absolute Gasteiger partial charge is 0.0897 e. The first-order valence-corrected chi connectivity index (χ1v) is 7.92. The normalized spacial score (nSPS) is 30.6. The van der Waals surface area contributed by atoms with Crippen molar-refractivity contribution in [2.45, 2.75) is 69.7 Å². The SMILES string of the molecule is OC(CNCC1CCC(O)C1)COC1CCCCC1. The molecule has 2 fully saturated rings. The largest absolute Gasteiger partial charge is 0.393 e. The zero-order valence-electron chi connectivity index (χ0n) is 11.9. The highest BCUT2D eigenvalue weighted by molar-refractivity contribution is 4.76. The average Bonchev–Trinajstić information content (AvgIpc) is 2.83. The lowest BCUT2D eigenvalue weighted by molar-refractivity contribution is -0.0231. The molecule has 0 radical (unpaired) electrons. The lowest BCUT2D eigenvalue weighted by Gasteiger charge is -2.23. The van der Waals surface area contributed by atoms with E-state index in [2.05, 4.69) is 5.32 Å². The van der Waals surface area contributed by atoms with Gasteiger partial charge in [0.15, 0.2) is 0 Å². The third-order valence-corrected chi connectivity index (χ3v) is 4.40. The molecule has 0 amide bonds. The molecule has 4 heteroatoms. The molecular formula is C15H29NO3. The average molecular weight is 271 g/mol. The molecule has 2 aliphatic rings. The van der Waals surface area contributed by atoms with Crippen LogP contribution in [0, 0.1) is 5.92 Å². The maximum Gasteiger partial charge on any atom is 0.0897 e. The molecule has 0 aromatic rings. The summed E-state index contributed by atoms with van der Waals surface area (Å²) in [5, 5.41) is 22.6. The van der Waals surface area contributed by atoms with Gasteiger partial charge in [0, 0.05) is 6.54 Å². The highest BCUT2D eigenvalue weighted by Gasteiger charge is 2.22. The van der Waals surface area contributed by atoms with Crippen LogP contribution in [0.5, 0.6) is 0 Å². The molecule has 0 bridgehead atoms. The van der Waals surface area contributed by atoms with E-state index in [1.165, 1.54) is 19.3 Å². The Bertz CT molecular complexity index is 244. The van der Waals surface area contributed by atoms with Crippen molar-refractivity contribution in [1.29, 1.82) is 0 Å². The number of aliphatic hydroxyl groups is 2. The lowest BCUT2D eigenvalue weighted by Crippen LogP contribution is -2.34. The molecule has 2 rings (SSSR count). The zero-order chi connectivity index (χ0) is 13.5. The zero-order valence-corrected chi connectivity index (χ0v) is 11.9. The molecule has 0 spiro atoms. The van der Waals surface area contributed by atoms with Gasteiger partial charge >= 0.3 is 0 Å². The molecule has 2 saturated carbocycles. The quantitative estimate of drug-likeness (QED) is 0.656. The third kappa shape index (κ3) is 5.78. The molecule has 2 aliphatic carbocycles. The molecular weight excluding hydrogens is 242 g/mol. The Morgan fingerprint density at radius 1 is 1.11 bits per heavy atom. The first-order valence-electron chi connectivity index (χ1n) is 7.92. The molecule has 0 heterocycles. The van der Waals surface area contributed by atoms with E-state index in [1.807, 2.05) is 0 Å². The second-order valence-electron chi connectivity index (χ2n) is 6.24. The van der Waals surface area contributed by atoms with Gasteiger partial charge in [-0.15, -0.1) is 0 Å². The van der Waals surface area contributed by atoms with Gasteiger partial charge in [0.25, 0.3) is 0 Å². The Kier molecular flexibility index (Phi) is 6.57. The van der Waals surface area contributed by atoms with Crippen LogP contribution in [-0.2, 0) is 4.74 Å². The minimum absolute atomic E-state index is 0.105. The minimum atomic E-state index is -0.409. The fraction of sp³-hybridized carbons (Fsp3) is 1.00. The summed E-state index contributed by atoms with van der Waals surface area (Å²) in [4.78, 5) is 0. The van der Waals surface area contributed by atoms with E-state index in [1.54, 1.807) is 0 Å². The Morgan fingerprint density at radius 2 is 1.89 bits per heavy atom. The van der Waals surface area contributed by atoms with Gasteiger partial charge in [-0.05, 0) is 44.6 Å². The van der Waals surface area contributed by atoms with Crippen molar-refractivity contribution in [3.8, 4) is 0 Å². The first-order chi connectivity index (χ1) is 9.24. The summed E-state index contributed by atoms with van der Waals surface area (Å²) in [7, 11) is 0. The van der Waals surface area contributed by atoms with E-state index in [0.29, 0.717) is 25.2 Å². The fourth-order valence-corrected chi connectivity index (χ4v) is 3.23. The summed E-state index contributed by atoms with van der Waals surface area (Å²) >= 11 is 0. The van der Waals surface area contributed by atoms with Crippen LogP contribution in [0.4, 0.5) is 0 Å². The van der Waals surface area contributed by atoms with Crippen LogP contribution in [0.1, 0.15) is 51.4 Å². The molecule has 112 valence electrons. The van der Waals surface area contributed by atoms with E-state index in [9.17, 15) is 10.2 Å². The van der Waals surface area contributed by atoms with Crippen molar-refractivity contribution >= 4 is 0 Å². The molecule has 3 N–H and O–H groups in total. The van der Waals surface area contributed by atoms with E-state index >= 15 is 0 Å². The topological polar surface area (TPSA) is 61.7 Å². The summed E-state index contributed by atoms with van der Waals surface area (Å²) in [5.41, 5.74) is 0. The van der Waals surface area contributed by atoms with E-state index < -0.39 is 6.10 Å². The molecule has 3 atom stereocenters. The number of nitrogens with one attached hydrogen (secondary N) is 1. The van der Waals surface area contributed by atoms with Crippen LogP contribution >= 0.6 is 0 Å². The summed E-state index contributed by atoms with van der Waals surface area (Å²) in [6.07, 6.45) is 8.96. The van der Waals surface area contributed by atoms with Gasteiger partial charge in [-0.3, -0.25) is 0 Å². The standard InChI is InChI=1S/C15H29NO3/c17-13-7-6-12(8-13)9-16-10-14(18)11-19-15-4-2-1-3-5-15/h12-18H,1-11H2. The Labute approximate surface area is 116 Å². The molecule has 19 heavy (non-hydrogen) atoms. The molecule has 0 aromatic carbocycles. The van der Waals surface area contributed by atoms with Gasteiger partial charge in [0.1, 0.15) is 0 Å². The predicted octanol–water partition coefficient (Wildman–Crippen LogP) is 1.45. The van der Waals surface area contributed by atoms with Crippen LogP contribution < -0.4 is 5.32 Å². The Hall–Kier alpha value is -0.160. The molecule has 0 aliphatic heterocycles. The second kappa shape index (κ2) is 8.20. The van der Waals surface area contributed by atoms with E-state index in [-0.39, 0.29) is 6.10 Å². The van der Waals surface area contributed by atoms with E-state index in [0.717, 1.165) is 38.6 Å². The number of hydrogen-bond donors (Lipinski definition) is 3. The minimum Gasteiger partial charge on any atom is -0.393 e. The molecule has 0 saturated heterocycles. The van der Waals surface area contributed by atoms with Crippen molar-refractivity contribution in [2.75, 3.05) is 19.7 Å². The van der Waals surface area contributed by atoms with Gasteiger partial charge in [-0.25, -0.2) is 0 Å². The van der Waals surface area contributed by atoms with Crippen LogP contribution in [0.25, 0.3) is 0 Å². The number of ether oxygens (including phenoxy) is 1. The fourth-order valence-electron chi connectivity index (χ4n) is 3.23. The summed E-state index contributed by atoms with van der Waals surface area (Å²) in [5.74, 6) is 0.571. The maximum atomic E-state index is 9.87. The van der Waals surface area contributed by atoms with Crippen molar-refractivity contribution in [2.24, 2.45) is 5.92 Å². The summed E-state index contributed by atoms with van der Waals surface area (Å²) < 4.78 is 5.75. The van der Waals surface area contributed by atoms with Crippen molar-refractivity contribution in [1.82, 2.24) is 5.32 Å². The number of aliphatic hydroxyl groups excluding tert-OH is 2. The van der Waals surface area contributed by atoms with Gasteiger partial charge in [0.05, 0.1) is 24.9 Å². The van der Waals surface area contributed by atoms with E-state index in [4.69, 9.17) is 4.74 Å². The molecule has 0 aromatic heterocycles. The van der Waals surface area contributed by atoms with Gasteiger partial charge in [0.2, 0.25) is 0 Å². The highest BCUT2D eigenvalue weighted by Crippen LogP contribution is 2.24. The predicted molar refractivity (Wildman–Crippen MR) is 75.0 cm³/mol.